The Kier molecular flexibility index (Phi) is 3.07. The lowest BCUT2D eigenvalue weighted by atomic mass is 10.2. The van der Waals surface area contributed by atoms with Crippen molar-refractivity contribution in [2.75, 3.05) is 0 Å². The van der Waals surface area contributed by atoms with Crippen molar-refractivity contribution in [3.63, 3.8) is 0 Å². The largest absolute Gasteiger partial charge is 0.249 e. The van der Waals surface area contributed by atoms with Crippen LogP contribution < -0.4 is 0 Å². The van der Waals surface area contributed by atoms with Gasteiger partial charge in [0.2, 0.25) is 0 Å². The number of rotatable bonds is 2. The molecule has 2 rings (SSSR count). The first-order valence-corrected chi connectivity index (χ1v) is 5.73. The third-order valence-corrected chi connectivity index (χ3v) is 3.33. The van der Waals surface area contributed by atoms with E-state index in [1.165, 1.54) is 16.0 Å². The molecule has 0 aliphatic rings. The fourth-order valence-corrected chi connectivity index (χ4v) is 2.13. The normalized spacial score (nSPS) is 10.3. The molecule has 0 spiro atoms. The summed E-state index contributed by atoms with van der Waals surface area (Å²) in [4.78, 5) is 5.60. The number of hydrogen-bond donors (Lipinski definition) is 0. The van der Waals surface area contributed by atoms with E-state index in [0.29, 0.717) is 0 Å². The molecule has 2 heteroatoms. The zero-order valence-corrected chi connectivity index (χ0v) is 9.71. The summed E-state index contributed by atoms with van der Waals surface area (Å²) in [5.41, 5.74) is 2.51. The summed E-state index contributed by atoms with van der Waals surface area (Å²) in [7, 11) is 0. The number of nitrogens with zero attached hydrogens (tertiary/aromatic N) is 1. The van der Waals surface area contributed by atoms with Crippen LogP contribution in [0.5, 0.6) is 0 Å². The van der Waals surface area contributed by atoms with E-state index in [0.717, 1.165) is 5.03 Å². The van der Waals surface area contributed by atoms with E-state index in [1.807, 2.05) is 12.3 Å². The molecule has 2 aromatic rings. The van der Waals surface area contributed by atoms with Gasteiger partial charge in [0.15, 0.2) is 0 Å². The van der Waals surface area contributed by atoms with Crippen LogP contribution in [-0.4, -0.2) is 4.98 Å². The van der Waals surface area contributed by atoms with Crippen molar-refractivity contribution in [1.29, 1.82) is 0 Å². The van der Waals surface area contributed by atoms with Crippen LogP contribution in [0.2, 0.25) is 0 Å². The summed E-state index contributed by atoms with van der Waals surface area (Å²) < 4.78 is 0. The monoisotopic (exact) mass is 215 g/mol. The van der Waals surface area contributed by atoms with Gasteiger partial charge in [-0.1, -0.05) is 35.5 Å². The van der Waals surface area contributed by atoms with Gasteiger partial charge >= 0.3 is 0 Å². The molecule has 0 aliphatic carbocycles. The molecule has 15 heavy (non-hydrogen) atoms. The Bertz CT molecular complexity index is 448. The average Bonchev–Trinajstić information content (AvgIpc) is 2.25. The number of aromatic nitrogens is 1. The predicted octanol–water partition coefficient (Wildman–Crippen LogP) is 3.85. The quantitative estimate of drug-likeness (QED) is 0.754. The van der Waals surface area contributed by atoms with Crippen molar-refractivity contribution in [1.82, 2.24) is 4.98 Å². The van der Waals surface area contributed by atoms with Crippen molar-refractivity contribution in [3.05, 3.63) is 53.7 Å². The molecule has 0 amide bonds. The third-order valence-electron chi connectivity index (χ3n) is 2.20. The highest BCUT2D eigenvalue weighted by Crippen LogP contribution is 2.27. The van der Waals surface area contributed by atoms with Gasteiger partial charge in [0.1, 0.15) is 5.03 Å². The number of pyridine rings is 1. The lowest BCUT2D eigenvalue weighted by Gasteiger charge is -2.03. The van der Waals surface area contributed by atoms with Gasteiger partial charge in [0.25, 0.3) is 0 Å². The van der Waals surface area contributed by atoms with Gasteiger partial charge in [-0.25, -0.2) is 4.98 Å². The Morgan fingerprint density at radius 2 is 1.73 bits per heavy atom. The highest BCUT2D eigenvalue weighted by molar-refractivity contribution is 7.99. The van der Waals surface area contributed by atoms with E-state index in [9.17, 15) is 0 Å². The topological polar surface area (TPSA) is 12.9 Å². The van der Waals surface area contributed by atoms with Crippen LogP contribution in [0.4, 0.5) is 0 Å². The highest BCUT2D eigenvalue weighted by Gasteiger charge is 2.00. The van der Waals surface area contributed by atoms with Gasteiger partial charge in [0, 0.05) is 11.1 Å². The first-order valence-electron chi connectivity index (χ1n) is 4.92. The maximum absolute atomic E-state index is 4.36. The Labute approximate surface area is 94.6 Å². The van der Waals surface area contributed by atoms with Crippen LogP contribution in [0.3, 0.4) is 0 Å². The minimum absolute atomic E-state index is 1.08. The Balaban J connectivity index is 2.22. The van der Waals surface area contributed by atoms with E-state index < -0.39 is 0 Å². The number of aryl methyl sites for hydroxylation is 2. The van der Waals surface area contributed by atoms with Crippen molar-refractivity contribution in [2.45, 2.75) is 23.8 Å². The number of hydrogen-bond acceptors (Lipinski definition) is 2. The molecule has 0 atom stereocenters. The minimum Gasteiger partial charge on any atom is -0.249 e. The molecule has 1 aromatic carbocycles. The first-order chi connectivity index (χ1) is 7.25. The molecule has 1 nitrogen and oxygen atoms in total. The Morgan fingerprint density at radius 3 is 2.40 bits per heavy atom. The fourth-order valence-electron chi connectivity index (χ4n) is 1.30. The van der Waals surface area contributed by atoms with Gasteiger partial charge in [-0.05, 0) is 37.6 Å². The average molecular weight is 215 g/mol. The van der Waals surface area contributed by atoms with E-state index in [4.69, 9.17) is 0 Å². The van der Waals surface area contributed by atoms with Gasteiger partial charge in [-0.3, -0.25) is 0 Å². The minimum atomic E-state index is 1.08. The van der Waals surface area contributed by atoms with Crippen LogP contribution in [0.1, 0.15) is 11.1 Å². The van der Waals surface area contributed by atoms with Crippen LogP contribution in [0.25, 0.3) is 0 Å². The second-order valence-corrected chi connectivity index (χ2v) is 4.60. The summed E-state index contributed by atoms with van der Waals surface area (Å²) in [5, 5.41) is 1.08. The maximum Gasteiger partial charge on any atom is 0.104 e. The smallest absolute Gasteiger partial charge is 0.104 e. The van der Waals surface area contributed by atoms with Crippen LogP contribution >= 0.6 is 11.8 Å². The Morgan fingerprint density at radius 1 is 1.00 bits per heavy atom. The summed E-state index contributed by atoms with van der Waals surface area (Å²) in [6, 6.07) is 12.6. The van der Waals surface area contributed by atoms with E-state index in [1.54, 1.807) is 11.8 Å². The van der Waals surface area contributed by atoms with Gasteiger partial charge < -0.3 is 0 Å². The fraction of sp³-hybridized carbons (Fsp3) is 0.154. The summed E-state index contributed by atoms with van der Waals surface area (Å²) >= 11 is 1.71. The molecular weight excluding hydrogens is 202 g/mol. The molecule has 76 valence electrons. The molecule has 0 bridgehead atoms. The second-order valence-electron chi connectivity index (χ2n) is 3.54. The molecule has 0 aliphatic heterocycles. The van der Waals surface area contributed by atoms with Gasteiger partial charge in [-0.2, -0.15) is 0 Å². The molecule has 1 aromatic heterocycles. The third kappa shape index (κ3) is 2.60. The lowest BCUT2D eigenvalue weighted by molar-refractivity contribution is 1.08. The maximum atomic E-state index is 4.36. The SMILES string of the molecule is Cc1ccc(Sc2ncccc2C)cc1. The lowest BCUT2D eigenvalue weighted by Crippen LogP contribution is -1.83. The van der Waals surface area contributed by atoms with Gasteiger partial charge in [-0.15, -0.1) is 0 Å². The standard InChI is InChI=1S/C13H13NS/c1-10-5-7-12(8-6-10)15-13-11(2)4-3-9-14-13/h3-9H,1-2H3. The molecular formula is C13H13NS. The predicted molar refractivity (Wildman–Crippen MR) is 64.3 cm³/mol. The van der Waals surface area contributed by atoms with Gasteiger partial charge in [0.05, 0.1) is 0 Å². The highest BCUT2D eigenvalue weighted by atomic mass is 32.2. The molecule has 0 N–H and O–H groups in total. The van der Waals surface area contributed by atoms with Crippen molar-refractivity contribution >= 4 is 11.8 Å². The van der Waals surface area contributed by atoms with E-state index >= 15 is 0 Å². The van der Waals surface area contributed by atoms with E-state index in [-0.39, 0.29) is 0 Å². The molecule has 0 saturated heterocycles. The second kappa shape index (κ2) is 4.49. The van der Waals surface area contributed by atoms with Crippen molar-refractivity contribution in [2.24, 2.45) is 0 Å². The zero-order chi connectivity index (χ0) is 10.7. The summed E-state index contributed by atoms with van der Waals surface area (Å²) in [5.74, 6) is 0. The van der Waals surface area contributed by atoms with Crippen LogP contribution in [0.15, 0.2) is 52.5 Å². The molecule has 0 saturated carbocycles. The number of benzene rings is 1. The molecule has 1 heterocycles. The Hall–Kier alpha value is -1.28. The molecule has 0 fully saturated rings. The molecule has 0 unspecified atom stereocenters. The van der Waals surface area contributed by atoms with Crippen LogP contribution in [-0.2, 0) is 0 Å². The summed E-state index contributed by atoms with van der Waals surface area (Å²) in [6.45, 7) is 4.18. The summed E-state index contributed by atoms with van der Waals surface area (Å²) in [6.07, 6.45) is 1.84. The zero-order valence-electron chi connectivity index (χ0n) is 8.90. The molecule has 0 radical (unpaired) electrons. The van der Waals surface area contributed by atoms with Crippen molar-refractivity contribution < 1.29 is 0 Å². The van der Waals surface area contributed by atoms with Crippen LogP contribution in [0, 0.1) is 13.8 Å². The first kappa shape index (κ1) is 10.2. The van der Waals surface area contributed by atoms with E-state index in [2.05, 4.69) is 49.2 Å². The van der Waals surface area contributed by atoms with Crippen molar-refractivity contribution in [3.8, 4) is 0 Å².